The molecular weight excluding hydrogens is 355 g/mol. The minimum atomic E-state index is -0.419. The van der Waals surface area contributed by atoms with Gasteiger partial charge in [0.05, 0.1) is 11.7 Å². The normalized spacial score (nSPS) is 12.7. The minimum Gasteiger partial charge on any atom is -0.345 e. The summed E-state index contributed by atoms with van der Waals surface area (Å²) in [6, 6.07) is 3.75. The monoisotopic (exact) mass is 376 g/mol. The fourth-order valence-electron chi connectivity index (χ4n) is 1.76. The maximum Gasteiger partial charge on any atom is 0.263 e. The standard InChI is InChI=1S/C15H20N4OS.2ClH/c1-10(2)15(3,9-16)19-13(20)12-8-18-14(21-12)11-4-6-17-7-5-11;;/h4-8,10H,9,16H2,1-3H3,(H,19,20);2*1H. The van der Waals surface area contributed by atoms with Crippen LogP contribution in [0.5, 0.6) is 0 Å². The van der Waals surface area contributed by atoms with E-state index in [9.17, 15) is 4.79 Å². The van der Waals surface area contributed by atoms with Crippen LogP contribution in [0.2, 0.25) is 0 Å². The van der Waals surface area contributed by atoms with Crippen LogP contribution in [-0.4, -0.2) is 28.0 Å². The number of carbonyl (C=O) groups is 1. The Morgan fingerprint density at radius 2 is 1.96 bits per heavy atom. The molecule has 8 heteroatoms. The van der Waals surface area contributed by atoms with Crippen molar-refractivity contribution in [3.05, 3.63) is 35.6 Å². The van der Waals surface area contributed by atoms with E-state index in [0.29, 0.717) is 11.4 Å². The summed E-state index contributed by atoms with van der Waals surface area (Å²) in [5.74, 6) is 0.119. The molecule has 0 saturated heterocycles. The lowest BCUT2D eigenvalue weighted by molar-refractivity contribution is 0.0887. The maximum absolute atomic E-state index is 12.4. The summed E-state index contributed by atoms with van der Waals surface area (Å²) >= 11 is 1.37. The van der Waals surface area contributed by atoms with Gasteiger partial charge >= 0.3 is 0 Å². The molecule has 0 spiro atoms. The molecule has 3 N–H and O–H groups in total. The number of hydrogen-bond acceptors (Lipinski definition) is 5. The van der Waals surface area contributed by atoms with E-state index in [1.807, 2.05) is 32.9 Å². The van der Waals surface area contributed by atoms with E-state index in [0.717, 1.165) is 10.6 Å². The van der Waals surface area contributed by atoms with E-state index in [2.05, 4.69) is 15.3 Å². The Morgan fingerprint density at radius 3 is 2.48 bits per heavy atom. The molecule has 2 aromatic rings. The molecule has 0 fully saturated rings. The average molecular weight is 377 g/mol. The molecule has 128 valence electrons. The SMILES string of the molecule is CC(C)C(C)(CN)NC(=O)c1cnc(-c2ccncc2)s1.Cl.Cl. The fraction of sp³-hybridized carbons (Fsp3) is 0.400. The zero-order chi connectivity index (χ0) is 15.5. The minimum absolute atomic E-state index is 0. The van der Waals surface area contributed by atoms with Gasteiger partial charge in [0.1, 0.15) is 9.88 Å². The van der Waals surface area contributed by atoms with Gasteiger partial charge in [-0.25, -0.2) is 4.98 Å². The van der Waals surface area contributed by atoms with E-state index in [1.165, 1.54) is 11.3 Å². The van der Waals surface area contributed by atoms with E-state index in [4.69, 9.17) is 5.73 Å². The molecule has 0 radical (unpaired) electrons. The number of pyridine rings is 1. The lowest BCUT2D eigenvalue weighted by Crippen LogP contribution is -2.54. The summed E-state index contributed by atoms with van der Waals surface area (Å²) in [5, 5.41) is 3.82. The first-order valence-corrected chi connectivity index (χ1v) is 7.66. The molecule has 1 amide bonds. The zero-order valence-electron chi connectivity index (χ0n) is 13.3. The number of nitrogens with one attached hydrogen (secondary N) is 1. The van der Waals surface area contributed by atoms with Crippen LogP contribution in [0.1, 0.15) is 30.4 Å². The Morgan fingerprint density at radius 1 is 1.35 bits per heavy atom. The first-order chi connectivity index (χ1) is 9.96. The summed E-state index contributed by atoms with van der Waals surface area (Å²) in [7, 11) is 0. The fourth-order valence-corrected chi connectivity index (χ4v) is 2.58. The highest BCUT2D eigenvalue weighted by atomic mass is 35.5. The topological polar surface area (TPSA) is 80.9 Å². The van der Waals surface area contributed by atoms with Gasteiger partial charge in [-0.05, 0) is 25.0 Å². The lowest BCUT2D eigenvalue weighted by Gasteiger charge is -2.33. The van der Waals surface area contributed by atoms with Gasteiger partial charge in [0.15, 0.2) is 0 Å². The Bertz CT molecular complexity index is 621. The van der Waals surface area contributed by atoms with Crippen molar-refractivity contribution in [2.75, 3.05) is 6.54 Å². The number of rotatable bonds is 5. The second kappa shape index (κ2) is 9.17. The largest absolute Gasteiger partial charge is 0.345 e. The third kappa shape index (κ3) is 5.14. The van der Waals surface area contributed by atoms with Crippen molar-refractivity contribution in [2.24, 2.45) is 11.7 Å². The number of nitrogens with two attached hydrogens (primary N) is 1. The van der Waals surface area contributed by atoms with Crippen LogP contribution < -0.4 is 11.1 Å². The Hall–Kier alpha value is -1.21. The summed E-state index contributed by atoms with van der Waals surface area (Å²) in [4.78, 5) is 21.2. The van der Waals surface area contributed by atoms with E-state index in [1.54, 1.807) is 18.6 Å². The van der Waals surface area contributed by atoms with Crippen molar-refractivity contribution >= 4 is 42.1 Å². The number of hydrogen-bond donors (Lipinski definition) is 2. The number of halogens is 2. The van der Waals surface area contributed by atoms with Crippen LogP contribution in [0.25, 0.3) is 10.6 Å². The van der Waals surface area contributed by atoms with Crippen LogP contribution in [0, 0.1) is 5.92 Å². The van der Waals surface area contributed by atoms with E-state index in [-0.39, 0.29) is 36.6 Å². The number of carbonyl (C=O) groups excluding carboxylic acids is 1. The van der Waals surface area contributed by atoms with Gasteiger partial charge in [0.25, 0.3) is 5.91 Å². The molecule has 23 heavy (non-hydrogen) atoms. The van der Waals surface area contributed by atoms with Crippen molar-refractivity contribution in [3.63, 3.8) is 0 Å². The van der Waals surface area contributed by atoms with Crippen molar-refractivity contribution in [1.82, 2.24) is 15.3 Å². The van der Waals surface area contributed by atoms with Crippen molar-refractivity contribution in [1.29, 1.82) is 0 Å². The lowest BCUT2D eigenvalue weighted by atomic mass is 9.88. The van der Waals surface area contributed by atoms with Crippen molar-refractivity contribution in [2.45, 2.75) is 26.3 Å². The summed E-state index contributed by atoms with van der Waals surface area (Å²) in [6.45, 7) is 6.44. The van der Waals surface area contributed by atoms with Crippen LogP contribution in [-0.2, 0) is 0 Å². The summed E-state index contributed by atoms with van der Waals surface area (Å²) < 4.78 is 0. The Balaban J connectivity index is 0.00000242. The molecule has 0 aliphatic rings. The van der Waals surface area contributed by atoms with Crippen LogP contribution in [0.4, 0.5) is 0 Å². The number of amides is 1. The van der Waals surface area contributed by atoms with Crippen molar-refractivity contribution in [3.8, 4) is 10.6 Å². The maximum atomic E-state index is 12.4. The number of aromatic nitrogens is 2. The molecule has 0 bridgehead atoms. The molecule has 0 aromatic carbocycles. The predicted octanol–water partition coefficient (Wildman–Crippen LogP) is 3.15. The third-order valence-electron chi connectivity index (χ3n) is 3.75. The van der Waals surface area contributed by atoms with Crippen molar-refractivity contribution < 1.29 is 4.79 Å². The second-order valence-electron chi connectivity index (χ2n) is 5.50. The molecule has 0 aliphatic carbocycles. The first kappa shape index (κ1) is 21.8. The Kier molecular flexibility index (Phi) is 8.69. The van der Waals surface area contributed by atoms with Gasteiger partial charge in [-0.1, -0.05) is 13.8 Å². The zero-order valence-corrected chi connectivity index (χ0v) is 15.7. The molecule has 1 unspecified atom stereocenters. The van der Waals surface area contributed by atoms with Crippen LogP contribution in [0.3, 0.4) is 0 Å². The third-order valence-corrected chi connectivity index (χ3v) is 4.80. The quantitative estimate of drug-likeness (QED) is 0.839. The molecule has 0 aliphatic heterocycles. The summed E-state index contributed by atoms with van der Waals surface area (Å²) in [5.41, 5.74) is 6.34. The second-order valence-corrected chi connectivity index (χ2v) is 6.53. The van der Waals surface area contributed by atoms with Gasteiger partial charge < -0.3 is 11.1 Å². The average Bonchev–Trinajstić information content (AvgIpc) is 2.97. The molecule has 2 rings (SSSR count). The van der Waals surface area contributed by atoms with E-state index >= 15 is 0 Å². The Labute approximate surface area is 152 Å². The highest BCUT2D eigenvalue weighted by molar-refractivity contribution is 7.16. The molecule has 2 heterocycles. The molecular formula is C15H22Cl2N4OS. The molecule has 2 aromatic heterocycles. The van der Waals surface area contributed by atoms with Gasteiger partial charge in [-0.2, -0.15) is 0 Å². The van der Waals surface area contributed by atoms with Crippen LogP contribution >= 0.6 is 36.2 Å². The van der Waals surface area contributed by atoms with Gasteiger partial charge in [0, 0.05) is 24.5 Å². The molecule has 1 atom stereocenters. The molecule has 0 saturated carbocycles. The van der Waals surface area contributed by atoms with E-state index < -0.39 is 5.54 Å². The summed E-state index contributed by atoms with van der Waals surface area (Å²) in [6.07, 6.45) is 5.02. The number of thiazole rings is 1. The number of nitrogens with zero attached hydrogens (tertiary/aromatic N) is 2. The van der Waals surface area contributed by atoms with Gasteiger partial charge in [-0.3, -0.25) is 9.78 Å². The van der Waals surface area contributed by atoms with Gasteiger partial charge in [0.2, 0.25) is 0 Å². The molecule has 5 nitrogen and oxygen atoms in total. The highest BCUT2D eigenvalue weighted by Gasteiger charge is 2.29. The van der Waals surface area contributed by atoms with Gasteiger partial charge in [-0.15, -0.1) is 36.2 Å². The smallest absolute Gasteiger partial charge is 0.263 e. The predicted molar refractivity (Wildman–Crippen MR) is 99.6 cm³/mol. The first-order valence-electron chi connectivity index (χ1n) is 6.85. The van der Waals surface area contributed by atoms with Crippen LogP contribution in [0.15, 0.2) is 30.7 Å². The highest BCUT2D eigenvalue weighted by Crippen LogP contribution is 2.25.